The van der Waals surface area contributed by atoms with Gasteiger partial charge < -0.3 is 11.1 Å². The van der Waals surface area contributed by atoms with Gasteiger partial charge in [0.1, 0.15) is 17.7 Å². The van der Waals surface area contributed by atoms with Gasteiger partial charge in [-0.2, -0.15) is 0 Å². The maximum absolute atomic E-state index is 13.6. The van der Waals surface area contributed by atoms with Crippen LogP contribution in [0.25, 0.3) is 0 Å². The Bertz CT molecular complexity index is 753. The fourth-order valence-corrected chi connectivity index (χ4v) is 2.23. The van der Waals surface area contributed by atoms with Crippen molar-refractivity contribution in [3.63, 3.8) is 0 Å². The molecule has 23 heavy (non-hydrogen) atoms. The van der Waals surface area contributed by atoms with E-state index in [1.54, 1.807) is 24.3 Å². The van der Waals surface area contributed by atoms with E-state index in [-0.39, 0.29) is 12.0 Å². The van der Waals surface area contributed by atoms with Crippen molar-refractivity contribution < 1.29 is 18.4 Å². The van der Waals surface area contributed by atoms with Crippen LogP contribution >= 0.6 is 11.6 Å². The highest BCUT2D eigenvalue weighted by atomic mass is 35.5. The fraction of sp³-hybridized carbons (Fsp3) is 0.125. The minimum absolute atomic E-state index is 0.0591. The number of nitrogens with two attached hydrogens (primary N) is 1. The molecule has 120 valence electrons. The summed E-state index contributed by atoms with van der Waals surface area (Å²) in [5.41, 5.74) is 5.50. The number of halogens is 3. The molecule has 7 heteroatoms. The van der Waals surface area contributed by atoms with Crippen molar-refractivity contribution in [2.45, 2.75) is 12.5 Å². The lowest BCUT2D eigenvalue weighted by molar-refractivity contribution is -0.119. The van der Waals surface area contributed by atoms with Crippen molar-refractivity contribution in [2.75, 3.05) is 0 Å². The second-order valence-electron chi connectivity index (χ2n) is 4.85. The molecule has 0 bridgehead atoms. The third kappa shape index (κ3) is 4.26. The Morgan fingerprint density at radius 1 is 1.17 bits per heavy atom. The predicted octanol–water partition coefficient (Wildman–Crippen LogP) is 2.44. The molecular weight excluding hydrogens is 326 g/mol. The Morgan fingerprint density at radius 3 is 2.48 bits per heavy atom. The molecule has 0 aliphatic rings. The Labute approximate surface area is 136 Å². The van der Waals surface area contributed by atoms with E-state index in [2.05, 4.69) is 5.32 Å². The monoisotopic (exact) mass is 338 g/mol. The van der Waals surface area contributed by atoms with Crippen molar-refractivity contribution in [2.24, 2.45) is 5.73 Å². The summed E-state index contributed by atoms with van der Waals surface area (Å²) in [6.07, 6.45) is 0.0591. The van der Waals surface area contributed by atoms with Gasteiger partial charge in [-0.1, -0.05) is 29.8 Å². The Hall–Kier alpha value is -2.47. The molecule has 0 spiro atoms. The molecule has 0 unspecified atom stereocenters. The lowest BCUT2D eigenvalue weighted by Gasteiger charge is -2.16. The van der Waals surface area contributed by atoms with E-state index < -0.39 is 29.5 Å². The molecule has 1 atom stereocenters. The lowest BCUT2D eigenvalue weighted by Crippen LogP contribution is -2.46. The van der Waals surface area contributed by atoms with E-state index in [9.17, 15) is 18.4 Å². The average Bonchev–Trinajstić information content (AvgIpc) is 2.48. The van der Waals surface area contributed by atoms with E-state index in [1.165, 1.54) is 0 Å². The van der Waals surface area contributed by atoms with Gasteiger partial charge in [-0.05, 0) is 23.8 Å². The summed E-state index contributed by atoms with van der Waals surface area (Å²) in [7, 11) is 0. The second kappa shape index (κ2) is 7.19. The average molecular weight is 339 g/mol. The van der Waals surface area contributed by atoms with Crippen LogP contribution in [0.1, 0.15) is 15.9 Å². The molecule has 0 heterocycles. The Balaban J connectivity index is 2.18. The van der Waals surface area contributed by atoms with E-state index in [0.717, 1.165) is 12.1 Å². The van der Waals surface area contributed by atoms with Gasteiger partial charge in [0.2, 0.25) is 5.91 Å². The van der Waals surface area contributed by atoms with Crippen LogP contribution in [0.4, 0.5) is 8.78 Å². The number of rotatable bonds is 5. The fourth-order valence-electron chi connectivity index (χ4n) is 2.02. The molecule has 0 aliphatic carbocycles. The lowest BCUT2D eigenvalue weighted by atomic mass is 10.0. The molecule has 2 amide bonds. The summed E-state index contributed by atoms with van der Waals surface area (Å²) in [6, 6.07) is 8.21. The molecular formula is C16H13ClF2N2O2. The molecule has 2 aromatic carbocycles. The van der Waals surface area contributed by atoms with Gasteiger partial charge in [-0.25, -0.2) is 8.78 Å². The van der Waals surface area contributed by atoms with Gasteiger partial charge in [0.15, 0.2) is 0 Å². The number of hydrogen-bond donors (Lipinski definition) is 2. The van der Waals surface area contributed by atoms with Crippen LogP contribution in [0.2, 0.25) is 5.02 Å². The standard InChI is InChI=1S/C16H13ClF2N2O2/c17-12-4-2-1-3-9(12)7-14(15(20)22)21-16(23)11-6-5-10(18)8-13(11)19/h1-6,8,14H,7H2,(H2,20,22)(H,21,23)/t14-/m1/s1. The van der Waals surface area contributed by atoms with Crippen LogP contribution in [-0.4, -0.2) is 17.9 Å². The Kier molecular flexibility index (Phi) is 5.28. The number of carbonyl (C=O) groups is 2. The number of nitrogens with one attached hydrogen (secondary N) is 1. The van der Waals surface area contributed by atoms with E-state index >= 15 is 0 Å². The topological polar surface area (TPSA) is 72.2 Å². The first-order valence-electron chi connectivity index (χ1n) is 6.67. The smallest absolute Gasteiger partial charge is 0.254 e. The first-order chi connectivity index (χ1) is 10.9. The van der Waals surface area contributed by atoms with Crippen LogP contribution < -0.4 is 11.1 Å². The maximum atomic E-state index is 13.6. The molecule has 3 N–H and O–H groups in total. The van der Waals surface area contributed by atoms with E-state index in [1.807, 2.05) is 0 Å². The van der Waals surface area contributed by atoms with Crippen molar-refractivity contribution in [1.29, 1.82) is 0 Å². The SMILES string of the molecule is NC(=O)[C@@H](Cc1ccccc1Cl)NC(=O)c1ccc(F)cc1F. The van der Waals surface area contributed by atoms with Gasteiger partial charge in [0, 0.05) is 17.5 Å². The van der Waals surface area contributed by atoms with Gasteiger partial charge in [0.25, 0.3) is 5.91 Å². The summed E-state index contributed by atoms with van der Waals surface area (Å²) < 4.78 is 26.5. The summed E-state index contributed by atoms with van der Waals surface area (Å²) in [6.45, 7) is 0. The molecule has 0 radical (unpaired) electrons. The largest absolute Gasteiger partial charge is 0.368 e. The quantitative estimate of drug-likeness (QED) is 0.879. The van der Waals surface area contributed by atoms with Crippen molar-refractivity contribution >= 4 is 23.4 Å². The summed E-state index contributed by atoms with van der Waals surface area (Å²) >= 11 is 6.00. The van der Waals surface area contributed by atoms with Gasteiger partial charge >= 0.3 is 0 Å². The minimum Gasteiger partial charge on any atom is -0.368 e. The van der Waals surface area contributed by atoms with Crippen LogP contribution in [0.5, 0.6) is 0 Å². The highest BCUT2D eigenvalue weighted by Crippen LogP contribution is 2.17. The predicted molar refractivity (Wildman–Crippen MR) is 82.0 cm³/mol. The van der Waals surface area contributed by atoms with Crippen LogP contribution in [0, 0.1) is 11.6 Å². The highest BCUT2D eigenvalue weighted by molar-refractivity contribution is 6.31. The molecule has 0 fully saturated rings. The van der Waals surface area contributed by atoms with Gasteiger partial charge in [0.05, 0.1) is 5.56 Å². The minimum atomic E-state index is -1.08. The molecule has 4 nitrogen and oxygen atoms in total. The molecule has 2 aromatic rings. The van der Waals surface area contributed by atoms with E-state index in [4.69, 9.17) is 17.3 Å². The second-order valence-corrected chi connectivity index (χ2v) is 5.26. The molecule has 0 saturated carbocycles. The number of amides is 2. The zero-order valence-corrected chi connectivity index (χ0v) is 12.6. The van der Waals surface area contributed by atoms with Crippen LogP contribution in [-0.2, 0) is 11.2 Å². The number of hydrogen-bond acceptors (Lipinski definition) is 2. The Morgan fingerprint density at radius 2 is 1.87 bits per heavy atom. The summed E-state index contributed by atoms with van der Waals surface area (Å²) in [4.78, 5) is 23.6. The molecule has 0 aliphatic heterocycles. The van der Waals surface area contributed by atoms with Gasteiger partial charge in [-0.15, -0.1) is 0 Å². The number of benzene rings is 2. The van der Waals surface area contributed by atoms with Gasteiger partial charge in [-0.3, -0.25) is 9.59 Å². The van der Waals surface area contributed by atoms with Crippen molar-refractivity contribution in [1.82, 2.24) is 5.32 Å². The number of carbonyl (C=O) groups excluding carboxylic acids is 2. The zero-order chi connectivity index (χ0) is 17.0. The van der Waals surface area contributed by atoms with Crippen LogP contribution in [0.15, 0.2) is 42.5 Å². The molecule has 0 aromatic heterocycles. The maximum Gasteiger partial charge on any atom is 0.254 e. The zero-order valence-electron chi connectivity index (χ0n) is 11.9. The first-order valence-corrected chi connectivity index (χ1v) is 7.05. The molecule has 0 saturated heterocycles. The number of primary amides is 1. The van der Waals surface area contributed by atoms with Crippen LogP contribution in [0.3, 0.4) is 0 Å². The van der Waals surface area contributed by atoms with E-state index in [0.29, 0.717) is 16.7 Å². The summed E-state index contributed by atoms with van der Waals surface area (Å²) in [5, 5.41) is 2.75. The normalized spacial score (nSPS) is 11.8. The first kappa shape index (κ1) is 16.9. The van der Waals surface area contributed by atoms with Crippen molar-refractivity contribution in [3.8, 4) is 0 Å². The third-order valence-electron chi connectivity index (χ3n) is 3.21. The highest BCUT2D eigenvalue weighted by Gasteiger charge is 2.22. The molecule has 2 rings (SSSR count). The summed E-state index contributed by atoms with van der Waals surface area (Å²) in [5.74, 6) is -3.48. The van der Waals surface area contributed by atoms with Crippen molar-refractivity contribution in [3.05, 3.63) is 70.2 Å². The third-order valence-corrected chi connectivity index (χ3v) is 3.58.